The summed E-state index contributed by atoms with van der Waals surface area (Å²) in [6, 6.07) is 8.09. The summed E-state index contributed by atoms with van der Waals surface area (Å²) in [5, 5.41) is 0. The molecule has 1 saturated heterocycles. The highest BCUT2D eigenvalue weighted by molar-refractivity contribution is 7.11. The van der Waals surface area contributed by atoms with E-state index >= 15 is 0 Å². The maximum absolute atomic E-state index is 12.3. The molecule has 0 N–H and O–H groups in total. The van der Waals surface area contributed by atoms with E-state index in [0.717, 1.165) is 55.6 Å². The lowest BCUT2D eigenvalue weighted by Gasteiger charge is -2.26. The third-order valence-electron chi connectivity index (χ3n) is 4.62. The van der Waals surface area contributed by atoms with Crippen LogP contribution in [0.15, 0.2) is 29.3 Å². The first-order valence-electron chi connectivity index (χ1n) is 9.37. The number of nitrogens with zero attached hydrogens (tertiary/aromatic N) is 3. The molecular formula is C20H27N3O3S. The Morgan fingerprint density at radius 3 is 2.56 bits per heavy atom. The molecule has 2 heterocycles. The predicted molar refractivity (Wildman–Crippen MR) is 107 cm³/mol. The van der Waals surface area contributed by atoms with Gasteiger partial charge in [-0.25, -0.2) is 9.79 Å². The highest BCUT2D eigenvalue weighted by atomic mass is 32.1. The Kier molecular flexibility index (Phi) is 6.82. The molecule has 1 aromatic carbocycles. The number of carbonyl (C=O) groups is 1. The van der Waals surface area contributed by atoms with E-state index in [1.807, 2.05) is 38.1 Å². The van der Waals surface area contributed by atoms with Crippen LogP contribution in [0.5, 0.6) is 0 Å². The first-order valence-corrected chi connectivity index (χ1v) is 10.2. The van der Waals surface area contributed by atoms with Crippen molar-refractivity contribution in [1.82, 2.24) is 9.47 Å². The molecule has 6 nitrogen and oxygen atoms in total. The van der Waals surface area contributed by atoms with Crippen molar-refractivity contribution in [3.05, 3.63) is 45.2 Å². The first kappa shape index (κ1) is 19.8. The Morgan fingerprint density at radius 2 is 1.89 bits per heavy atom. The molecule has 0 aliphatic carbocycles. The van der Waals surface area contributed by atoms with E-state index in [0.29, 0.717) is 11.5 Å². The van der Waals surface area contributed by atoms with E-state index in [4.69, 9.17) is 14.5 Å². The maximum atomic E-state index is 12.3. The summed E-state index contributed by atoms with van der Waals surface area (Å²) in [4.78, 5) is 21.0. The number of ether oxygens (including phenoxy) is 2. The van der Waals surface area contributed by atoms with E-state index in [9.17, 15) is 4.79 Å². The Balaban J connectivity index is 1.92. The summed E-state index contributed by atoms with van der Waals surface area (Å²) in [7, 11) is 0. The molecule has 0 saturated carbocycles. The number of esters is 1. The van der Waals surface area contributed by atoms with Gasteiger partial charge in [0.1, 0.15) is 4.88 Å². The van der Waals surface area contributed by atoms with Gasteiger partial charge in [-0.3, -0.25) is 4.90 Å². The van der Waals surface area contributed by atoms with Crippen LogP contribution in [0.4, 0.5) is 5.69 Å². The van der Waals surface area contributed by atoms with E-state index < -0.39 is 0 Å². The van der Waals surface area contributed by atoms with Gasteiger partial charge in [-0.2, -0.15) is 0 Å². The second-order valence-electron chi connectivity index (χ2n) is 6.57. The van der Waals surface area contributed by atoms with Gasteiger partial charge in [0.25, 0.3) is 0 Å². The predicted octanol–water partition coefficient (Wildman–Crippen LogP) is 2.91. The van der Waals surface area contributed by atoms with Gasteiger partial charge in [0.05, 0.1) is 25.5 Å². The molecule has 27 heavy (non-hydrogen) atoms. The number of thiazole rings is 1. The van der Waals surface area contributed by atoms with Gasteiger partial charge in [0.15, 0.2) is 4.80 Å². The summed E-state index contributed by atoms with van der Waals surface area (Å²) in [6.45, 7) is 11.4. The molecule has 146 valence electrons. The Hall–Kier alpha value is -1.96. The smallest absolute Gasteiger partial charge is 0.350 e. The molecule has 7 heteroatoms. The third kappa shape index (κ3) is 5.06. The number of morpholine rings is 1. The fourth-order valence-corrected chi connectivity index (χ4v) is 4.09. The fourth-order valence-electron chi connectivity index (χ4n) is 3.01. The van der Waals surface area contributed by atoms with Gasteiger partial charge in [-0.1, -0.05) is 29.0 Å². The summed E-state index contributed by atoms with van der Waals surface area (Å²) >= 11 is 1.40. The summed E-state index contributed by atoms with van der Waals surface area (Å²) in [6.07, 6.45) is 0. The second-order valence-corrected chi connectivity index (χ2v) is 7.55. The summed E-state index contributed by atoms with van der Waals surface area (Å²) < 4.78 is 12.8. The quantitative estimate of drug-likeness (QED) is 0.713. The van der Waals surface area contributed by atoms with Gasteiger partial charge < -0.3 is 14.0 Å². The molecule has 1 aliphatic heterocycles. The molecule has 0 amide bonds. The molecule has 1 aromatic heterocycles. The van der Waals surface area contributed by atoms with Gasteiger partial charge in [-0.15, -0.1) is 0 Å². The summed E-state index contributed by atoms with van der Waals surface area (Å²) in [5.74, 6) is -0.273. The number of hydrogen-bond donors (Lipinski definition) is 0. The van der Waals surface area contributed by atoms with E-state index in [-0.39, 0.29) is 5.97 Å². The minimum Gasteiger partial charge on any atom is -0.462 e. The monoisotopic (exact) mass is 389 g/mol. The highest BCUT2D eigenvalue weighted by Gasteiger charge is 2.19. The average Bonchev–Trinajstić information content (AvgIpc) is 2.98. The highest BCUT2D eigenvalue weighted by Crippen LogP contribution is 2.17. The minimum atomic E-state index is -0.273. The van der Waals surface area contributed by atoms with E-state index in [1.165, 1.54) is 16.9 Å². The zero-order chi connectivity index (χ0) is 19.2. The number of aryl methyl sites for hydroxylation is 1. The Morgan fingerprint density at radius 1 is 1.19 bits per heavy atom. The lowest BCUT2D eigenvalue weighted by molar-refractivity contribution is 0.0362. The van der Waals surface area contributed by atoms with Crippen LogP contribution in [-0.4, -0.2) is 54.9 Å². The van der Waals surface area contributed by atoms with Crippen molar-refractivity contribution in [3.63, 3.8) is 0 Å². The number of hydrogen-bond acceptors (Lipinski definition) is 6. The average molecular weight is 390 g/mol. The van der Waals surface area contributed by atoms with Crippen molar-refractivity contribution in [1.29, 1.82) is 0 Å². The normalized spacial score (nSPS) is 15.9. The number of rotatable bonds is 6. The van der Waals surface area contributed by atoms with Gasteiger partial charge in [0, 0.05) is 31.9 Å². The number of aromatic nitrogens is 1. The van der Waals surface area contributed by atoms with Gasteiger partial charge >= 0.3 is 5.97 Å². The summed E-state index contributed by atoms with van der Waals surface area (Å²) in [5.41, 5.74) is 3.00. The van der Waals surface area contributed by atoms with Crippen molar-refractivity contribution in [3.8, 4) is 0 Å². The molecule has 1 fully saturated rings. The van der Waals surface area contributed by atoms with Gasteiger partial charge in [0.2, 0.25) is 0 Å². The second kappa shape index (κ2) is 9.30. The van der Waals surface area contributed by atoms with Crippen LogP contribution in [0.25, 0.3) is 0 Å². The van der Waals surface area contributed by atoms with Crippen molar-refractivity contribution in [2.75, 3.05) is 39.5 Å². The van der Waals surface area contributed by atoms with Crippen LogP contribution in [0, 0.1) is 13.8 Å². The van der Waals surface area contributed by atoms with Crippen molar-refractivity contribution >= 4 is 23.0 Å². The molecule has 0 spiro atoms. The van der Waals surface area contributed by atoms with Gasteiger partial charge in [-0.05, 0) is 32.9 Å². The molecule has 1 aliphatic rings. The fraction of sp³-hybridized carbons (Fsp3) is 0.500. The molecule has 0 atom stereocenters. The number of benzene rings is 1. The number of carbonyl (C=O) groups excluding carboxylic acids is 1. The van der Waals surface area contributed by atoms with Crippen LogP contribution in [0.1, 0.15) is 27.9 Å². The SMILES string of the molecule is CCOC(=O)c1sc(=Nc2ccc(C)cc2)n(CCN2CCOCC2)c1C. The zero-order valence-electron chi connectivity index (χ0n) is 16.2. The van der Waals surface area contributed by atoms with Crippen LogP contribution in [0.3, 0.4) is 0 Å². The molecule has 0 unspecified atom stereocenters. The van der Waals surface area contributed by atoms with Crippen LogP contribution >= 0.6 is 11.3 Å². The topological polar surface area (TPSA) is 56.1 Å². The lowest BCUT2D eigenvalue weighted by atomic mass is 10.2. The third-order valence-corrected chi connectivity index (χ3v) is 5.78. The molecular weight excluding hydrogens is 362 g/mol. The van der Waals surface area contributed by atoms with Crippen molar-refractivity contribution in [2.45, 2.75) is 27.3 Å². The van der Waals surface area contributed by atoms with Crippen molar-refractivity contribution in [2.24, 2.45) is 4.99 Å². The van der Waals surface area contributed by atoms with Crippen LogP contribution in [-0.2, 0) is 16.0 Å². The van der Waals surface area contributed by atoms with E-state index in [1.54, 1.807) is 0 Å². The molecule has 3 rings (SSSR count). The lowest BCUT2D eigenvalue weighted by Crippen LogP contribution is -2.39. The standard InChI is InChI=1S/C20H27N3O3S/c1-4-26-19(24)18-16(3)23(10-9-22-11-13-25-14-12-22)20(27-18)21-17-7-5-15(2)6-8-17/h5-8H,4,9-14H2,1-3H3. The Labute approximate surface area is 164 Å². The largest absolute Gasteiger partial charge is 0.462 e. The maximum Gasteiger partial charge on any atom is 0.350 e. The minimum absolute atomic E-state index is 0.273. The molecule has 0 radical (unpaired) electrons. The van der Waals surface area contributed by atoms with Crippen LogP contribution < -0.4 is 4.80 Å². The zero-order valence-corrected chi connectivity index (χ0v) is 17.1. The molecule has 0 bridgehead atoms. The Bertz CT molecular complexity index is 833. The first-order chi connectivity index (χ1) is 13.1. The van der Waals surface area contributed by atoms with Crippen LogP contribution in [0.2, 0.25) is 0 Å². The van der Waals surface area contributed by atoms with Crippen molar-refractivity contribution < 1.29 is 14.3 Å². The van der Waals surface area contributed by atoms with E-state index in [2.05, 4.69) is 16.4 Å². The molecule has 2 aromatic rings.